The van der Waals surface area contributed by atoms with Gasteiger partial charge in [-0.1, -0.05) is 56.4 Å². The molecule has 0 amide bonds. The number of anilines is 2. The van der Waals surface area contributed by atoms with Crippen LogP contribution in [0.3, 0.4) is 0 Å². The van der Waals surface area contributed by atoms with Gasteiger partial charge in [0.15, 0.2) is 22.5 Å². The molecule has 0 aliphatic heterocycles. The fourth-order valence-corrected chi connectivity index (χ4v) is 8.29. The van der Waals surface area contributed by atoms with Crippen LogP contribution in [0.1, 0.15) is 118 Å². The molecule has 2 heterocycles. The van der Waals surface area contributed by atoms with E-state index in [4.69, 9.17) is 20.3 Å². The summed E-state index contributed by atoms with van der Waals surface area (Å²) in [4.78, 5) is 16.9. The lowest BCUT2D eigenvalue weighted by atomic mass is 9.84. The summed E-state index contributed by atoms with van der Waals surface area (Å²) in [5.41, 5.74) is 12.9. The second-order valence-electron chi connectivity index (χ2n) is 15.7. The first-order valence-corrected chi connectivity index (χ1v) is 22.7. The average molecular weight is 966 g/mol. The van der Waals surface area contributed by atoms with Crippen LogP contribution in [-0.2, 0) is 8.85 Å². The molecule has 6 atom stereocenters. The minimum atomic E-state index is -1.94. The fourth-order valence-electron chi connectivity index (χ4n) is 5.23. The van der Waals surface area contributed by atoms with Gasteiger partial charge < -0.3 is 20.3 Å². The molecule has 0 radical (unpaired) electrons. The summed E-state index contributed by atoms with van der Waals surface area (Å²) in [5, 5.41) is 0.197. The Morgan fingerprint density at radius 2 is 1.02 bits per heavy atom. The normalized spacial score (nSPS) is 22.6. The highest BCUT2D eigenvalue weighted by atomic mass is 79.9. The van der Waals surface area contributed by atoms with Crippen LogP contribution in [0, 0.1) is 0 Å². The van der Waals surface area contributed by atoms with E-state index >= 15 is 0 Å². The van der Waals surface area contributed by atoms with Crippen molar-refractivity contribution in [1.82, 2.24) is 19.9 Å². The minimum absolute atomic E-state index is 0. The maximum absolute atomic E-state index is 14.7. The van der Waals surface area contributed by atoms with Gasteiger partial charge in [0.2, 0.25) is 0 Å². The summed E-state index contributed by atoms with van der Waals surface area (Å²) >= 11 is 3.29. The lowest BCUT2D eigenvalue weighted by Gasteiger charge is -2.42. The van der Waals surface area contributed by atoms with Crippen molar-refractivity contribution in [2.75, 3.05) is 11.5 Å². The summed E-state index contributed by atoms with van der Waals surface area (Å²) in [5.74, 6) is 0.951. The molecule has 2 aliphatic rings. The van der Waals surface area contributed by atoms with Crippen LogP contribution in [0.25, 0.3) is 0 Å². The number of rotatable bonds is 6. The third kappa shape index (κ3) is 18.3. The Morgan fingerprint density at radius 1 is 0.642 bits per heavy atom. The molecule has 318 valence electrons. The highest BCUT2D eigenvalue weighted by Crippen LogP contribution is 2.43. The van der Waals surface area contributed by atoms with E-state index in [-0.39, 0.29) is 130 Å². The van der Waals surface area contributed by atoms with E-state index in [0.717, 1.165) is 37.1 Å². The van der Waals surface area contributed by atoms with Crippen molar-refractivity contribution in [1.29, 1.82) is 0 Å². The molecule has 4 rings (SSSR count). The van der Waals surface area contributed by atoms with Crippen molar-refractivity contribution in [3.63, 3.8) is 0 Å². The van der Waals surface area contributed by atoms with Crippen molar-refractivity contribution in [3.8, 4) is 0 Å². The van der Waals surface area contributed by atoms with Crippen LogP contribution in [0.2, 0.25) is 36.3 Å². The van der Waals surface area contributed by atoms with E-state index in [1.54, 1.807) is 18.6 Å². The largest absolute Gasteiger partial charge is 0.411 e. The predicted octanol–water partition coefficient (Wildman–Crippen LogP) is 10.8. The SMILES string of the molecule is C.C.CC(C)(C)[Si](C)(C)O[C@H]1CC[C@H](c2cnc(N)c(Br)n2)C[C@@H]1F.CC(C)(C)[Si](C)(C)O[C@H]1CC[C@H](c2cnc(N)cn2)C[C@@H]1F.S.S.S.S.S.S. The lowest BCUT2D eigenvalue weighted by Crippen LogP contribution is -2.47. The number of nitrogen functional groups attached to an aromatic ring is 2. The van der Waals surface area contributed by atoms with Crippen LogP contribution < -0.4 is 11.5 Å². The number of halogens is 3. The van der Waals surface area contributed by atoms with Gasteiger partial charge in [0.25, 0.3) is 0 Å². The van der Waals surface area contributed by atoms with Gasteiger partial charge >= 0.3 is 0 Å². The number of nitrogens with zero attached hydrogens (tertiary/aromatic N) is 4. The molecular weight excluding hydrogens is 891 g/mol. The van der Waals surface area contributed by atoms with Gasteiger partial charge in [-0.15, -0.1) is 0 Å². The zero-order valence-electron chi connectivity index (χ0n) is 31.8. The van der Waals surface area contributed by atoms with Crippen LogP contribution in [0.15, 0.2) is 23.2 Å². The minimum Gasteiger partial charge on any atom is -0.411 e. The molecule has 0 aromatic carbocycles. The molecule has 4 N–H and O–H groups in total. The van der Waals surface area contributed by atoms with Crippen molar-refractivity contribution in [3.05, 3.63) is 34.6 Å². The van der Waals surface area contributed by atoms with Crippen LogP contribution >= 0.6 is 96.9 Å². The molecule has 8 nitrogen and oxygen atoms in total. The Hall–Kier alpha value is 0.554. The molecular formula is C34H75BrF2N6O2S6Si2. The van der Waals surface area contributed by atoms with Crippen molar-refractivity contribution in [2.24, 2.45) is 0 Å². The van der Waals surface area contributed by atoms with Crippen molar-refractivity contribution >= 4 is 125 Å². The van der Waals surface area contributed by atoms with Crippen molar-refractivity contribution < 1.29 is 17.6 Å². The molecule has 0 saturated heterocycles. The van der Waals surface area contributed by atoms with Gasteiger partial charge in [0.05, 0.1) is 42.2 Å². The van der Waals surface area contributed by atoms with E-state index in [9.17, 15) is 8.78 Å². The summed E-state index contributed by atoms with van der Waals surface area (Å²) in [6, 6.07) is 0. The highest BCUT2D eigenvalue weighted by Gasteiger charge is 2.44. The van der Waals surface area contributed by atoms with E-state index in [1.165, 1.54) is 0 Å². The summed E-state index contributed by atoms with van der Waals surface area (Å²) < 4.78 is 42.4. The number of hydrogen-bond donors (Lipinski definition) is 2. The highest BCUT2D eigenvalue weighted by molar-refractivity contribution is 9.10. The fraction of sp³-hybridized carbons (Fsp3) is 0.765. The molecule has 0 bridgehead atoms. The van der Waals surface area contributed by atoms with Gasteiger partial charge in [0.1, 0.15) is 22.8 Å². The van der Waals surface area contributed by atoms with Crippen LogP contribution in [-0.4, -0.2) is 61.1 Å². The van der Waals surface area contributed by atoms with Gasteiger partial charge in [-0.05, 0) is 90.7 Å². The Labute approximate surface area is 373 Å². The molecule has 0 unspecified atom stereocenters. The number of alkyl halides is 2. The predicted molar refractivity (Wildman–Crippen MR) is 263 cm³/mol. The maximum Gasteiger partial charge on any atom is 0.192 e. The van der Waals surface area contributed by atoms with Gasteiger partial charge in [-0.3, -0.25) is 4.98 Å². The lowest BCUT2D eigenvalue weighted by molar-refractivity contribution is 0.0448. The molecule has 2 aromatic rings. The monoisotopic (exact) mass is 964 g/mol. The molecule has 19 heteroatoms. The molecule has 53 heavy (non-hydrogen) atoms. The first kappa shape index (κ1) is 65.4. The zero-order chi connectivity index (χ0) is 34.0. The van der Waals surface area contributed by atoms with Crippen LogP contribution in [0.5, 0.6) is 0 Å². The third-order valence-corrected chi connectivity index (χ3v) is 19.8. The van der Waals surface area contributed by atoms with E-state index in [1.807, 2.05) is 0 Å². The van der Waals surface area contributed by atoms with Crippen LogP contribution in [0.4, 0.5) is 20.4 Å². The molecule has 2 saturated carbocycles. The number of nitrogens with two attached hydrogens (primary N) is 2. The summed E-state index contributed by atoms with van der Waals surface area (Å²) in [7, 11) is -3.87. The van der Waals surface area contributed by atoms with Gasteiger partial charge in [-0.25, -0.2) is 23.7 Å². The summed E-state index contributed by atoms with van der Waals surface area (Å²) in [6.45, 7) is 21.8. The average Bonchev–Trinajstić information content (AvgIpc) is 2.92. The molecule has 2 fully saturated rings. The van der Waals surface area contributed by atoms with E-state index in [2.05, 4.69) is 104 Å². The Bertz CT molecular complexity index is 1290. The Morgan fingerprint density at radius 3 is 1.34 bits per heavy atom. The van der Waals surface area contributed by atoms with Gasteiger partial charge in [-0.2, -0.15) is 81.0 Å². The molecule has 2 aliphatic carbocycles. The molecule has 0 spiro atoms. The third-order valence-electron chi connectivity index (χ3n) is 10.2. The standard InChI is InChI=1S/C16H27BrFN3OSi.C16H28FN3OSi.2CH4.6H2S/c1-16(2,3)23(4,5)22-13-7-6-10(8-11(13)18)12-9-20-15(19)14(17)21-12;1-16(2,3)22(4,5)21-14-7-6-11(8-12(14)17)13-9-20-15(18)10-19-13;;;;;;;;/h9-11,13H,6-8H2,1-5H3,(H2,19,20);9-12,14H,6-8H2,1-5H3,(H2,18,20);2*1H4;6*1H2/t10-,11-,13-;11-,12-,14-;;;;;;;;/m00......../s1. The second kappa shape index (κ2) is 26.5. The topological polar surface area (TPSA) is 122 Å². The number of aromatic nitrogens is 4. The quantitative estimate of drug-likeness (QED) is 0.275. The Balaban J connectivity index is -0.000000181. The van der Waals surface area contributed by atoms with Gasteiger partial charge in [0, 0.05) is 11.8 Å². The maximum atomic E-state index is 14.7. The Kier molecular flexibility index (Phi) is 32.7. The zero-order valence-corrected chi connectivity index (χ0v) is 41.4. The molecule has 2 aromatic heterocycles. The first-order chi connectivity index (χ1) is 20.6. The first-order valence-electron chi connectivity index (χ1n) is 16.1. The van der Waals surface area contributed by atoms with E-state index < -0.39 is 29.0 Å². The van der Waals surface area contributed by atoms with E-state index in [0.29, 0.717) is 29.1 Å². The second-order valence-corrected chi connectivity index (χ2v) is 26.0. The summed E-state index contributed by atoms with van der Waals surface area (Å²) in [6.07, 6.45) is 6.51. The van der Waals surface area contributed by atoms with Crippen molar-refractivity contribution in [2.45, 2.75) is 168 Å². The smallest absolute Gasteiger partial charge is 0.192 e. The number of hydrogen-bond acceptors (Lipinski definition) is 8.